The summed E-state index contributed by atoms with van der Waals surface area (Å²) in [7, 11) is 0. The molecule has 0 bridgehead atoms. The molecule has 1 aromatic heterocycles. The summed E-state index contributed by atoms with van der Waals surface area (Å²) < 4.78 is 13.6. The van der Waals surface area contributed by atoms with Gasteiger partial charge < -0.3 is 0 Å². The van der Waals surface area contributed by atoms with Gasteiger partial charge in [-0.3, -0.25) is 4.98 Å². The average molecular weight is 245 g/mol. The van der Waals surface area contributed by atoms with Gasteiger partial charge in [0.25, 0.3) is 0 Å². The van der Waals surface area contributed by atoms with Crippen molar-refractivity contribution in [3.63, 3.8) is 0 Å². The molecule has 0 saturated carbocycles. The summed E-state index contributed by atoms with van der Waals surface area (Å²) in [5.74, 6) is -0.108. The second-order valence-electron chi connectivity index (χ2n) is 4.33. The Labute approximate surface area is 109 Å². The van der Waals surface area contributed by atoms with Crippen molar-refractivity contribution in [2.75, 3.05) is 0 Å². The van der Waals surface area contributed by atoms with Crippen LogP contribution in [0.4, 0.5) is 4.39 Å². The van der Waals surface area contributed by atoms with Crippen LogP contribution >= 0.6 is 0 Å². The van der Waals surface area contributed by atoms with Crippen LogP contribution < -0.4 is 0 Å². The number of hydrogen-bond acceptors (Lipinski definition) is 1. The maximum atomic E-state index is 13.6. The van der Waals surface area contributed by atoms with Crippen molar-refractivity contribution in [2.24, 2.45) is 0 Å². The fraction of sp³-hybridized carbons (Fsp3) is 0.312. The van der Waals surface area contributed by atoms with Crippen LogP contribution in [0.3, 0.4) is 0 Å². The van der Waals surface area contributed by atoms with Crippen molar-refractivity contribution < 1.29 is 4.39 Å². The predicted octanol–water partition coefficient (Wildman–Crippen LogP) is 4.92. The van der Waals surface area contributed by atoms with Gasteiger partial charge in [0.2, 0.25) is 0 Å². The molecule has 0 radical (unpaired) electrons. The molecule has 0 aliphatic heterocycles. The summed E-state index contributed by atoms with van der Waals surface area (Å²) in [6.45, 7) is 9.60. The van der Waals surface area contributed by atoms with Crippen LogP contribution in [-0.4, -0.2) is 4.98 Å². The predicted molar refractivity (Wildman–Crippen MR) is 76.0 cm³/mol. The van der Waals surface area contributed by atoms with Crippen LogP contribution in [-0.2, 0) is 0 Å². The summed E-state index contributed by atoms with van der Waals surface area (Å²) in [5.41, 5.74) is 3.83. The van der Waals surface area contributed by atoms with Crippen molar-refractivity contribution in [1.29, 1.82) is 0 Å². The molecule has 0 amide bonds. The minimum absolute atomic E-state index is 0.108. The number of aromatic nitrogens is 1. The maximum Gasteiger partial charge on any atom is 0.101 e. The van der Waals surface area contributed by atoms with Gasteiger partial charge in [-0.15, -0.1) is 0 Å². The minimum Gasteiger partial charge on any atom is -0.261 e. The summed E-state index contributed by atoms with van der Waals surface area (Å²) in [6.07, 6.45) is 8.08. The Balaban J connectivity index is 3.13. The van der Waals surface area contributed by atoms with Gasteiger partial charge in [-0.2, -0.15) is 0 Å². The Morgan fingerprint density at radius 1 is 1.44 bits per heavy atom. The quantitative estimate of drug-likeness (QED) is 0.671. The molecule has 1 nitrogen and oxygen atoms in total. The lowest BCUT2D eigenvalue weighted by Gasteiger charge is -2.06. The summed E-state index contributed by atoms with van der Waals surface area (Å²) >= 11 is 0. The molecule has 0 aliphatic carbocycles. The molecule has 0 N–H and O–H groups in total. The van der Waals surface area contributed by atoms with Crippen molar-refractivity contribution in [1.82, 2.24) is 4.98 Å². The number of halogens is 1. The van der Waals surface area contributed by atoms with E-state index in [9.17, 15) is 4.39 Å². The second kappa shape index (κ2) is 6.90. The Morgan fingerprint density at radius 2 is 2.17 bits per heavy atom. The zero-order chi connectivity index (χ0) is 13.5. The van der Waals surface area contributed by atoms with Gasteiger partial charge in [-0.25, -0.2) is 4.39 Å². The van der Waals surface area contributed by atoms with E-state index < -0.39 is 0 Å². The third-order valence-corrected chi connectivity index (χ3v) is 2.77. The van der Waals surface area contributed by atoms with Gasteiger partial charge in [0.1, 0.15) is 5.83 Å². The molecule has 0 spiro atoms. The standard InChI is InChI=1S/C16H20FN/c1-5-7-14(10-16(17)8-6-2)15-9-12(3)13(4)18-11-15/h5,7,9-11H,1,6,8H2,2-4H3/b14-7+,16-10+. The first kappa shape index (κ1) is 14.4. The third-order valence-electron chi connectivity index (χ3n) is 2.77. The van der Waals surface area contributed by atoms with Crippen molar-refractivity contribution in [2.45, 2.75) is 33.6 Å². The van der Waals surface area contributed by atoms with E-state index in [1.165, 1.54) is 0 Å². The molecule has 0 atom stereocenters. The number of allylic oxidation sites excluding steroid dienone is 5. The van der Waals surface area contributed by atoms with E-state index in [0.717, 1.165) is 28.8 Å². The van der Waals surface area contributed by atoms with Crippen LogP contribution in [0.1, 0.15) is 36.6 Å². The molecule has 0 fully saturated rings. The first-order valence-electron chi connectivity index (χ1n) is 6.21. The topological polar surface area (TPSA) is 12.9 Å². The molecule has 0 aromatic carbocycles. The molecule has 18 heavy (non-hydrogen) atoms. The molecule has 1 aromatic rings. The molecular weight excluding hydrogens is 225 g/mol. The average Bonchev–Trinajstić information content (AvgIpc) is 2.32. The molecule has 0 aliphatic rings. The van der Waals surface area contributed by atoms with Gasteiger partial charge >= 0.3 is 0 Å². The van der Waals surface area contributed by atoms with E-state index >= 15 is 0 Å². The van der Waals surface area contributed by atoms with E-state index in [1.54, 1.807) is 24.4 Å². The summed E-state index contributed by atoms with van der Waals surface area (Å²) in [4.78, 5) is 4.31. The monoisotopic (exact) mass is 245 g/mol. The van der Waals surface area contributed by atoms with Crippen LogP contribution in [0, 0.1) is 13.8 Å². The fourth-order valence-corrected chi connectivity index (χ4v) is 1.64. The highest BCUT2D eigenvalue weighted by molar-refractivity contribution is 5.75. The molecule has 2 heteroatoms. The molecule has 1 heterocycles. The normalized spacial score (nSPS) is 12.7. The van der Waals surface area contributed by atoms with Crippen molar-refractivity contribution in [3.05, 3.63) is 59.7 Å². The number of nitrogens with zero attached hydrogens (tertiary/aromatic N) is 1. The van der Waals surface area contributed by atoms with E-state index in [-0.39, 0.29) is 5.83 Å². The van der Waals surface area contributed by atoms with Gasteiger partial charge in [0.15, 0.2) is 0 Å². The summed E-state index contributed by atoms with van der Waals surface area (Å²) in [5, 5.41) is 0. The Bertz CT molecular complexity index is 484. The van der Waals surface area contributed by atoms with E-state index in [0.29, 0.717) is 6.42 Å². The van der Waals surface area contributed by atoms with E-state index in [4.69, 9.17) is 0 Å². The number of pyridine rings is 1. The number of hydrogen-bond donors (Lipinski definition) is 0. The molecule has 1 rings (SSSR count). The Morgan fingerprint density at radius 3 is 2.72 bits per heavy atom. The van der Waals surface area contributed by atoms with Crippen LogP contribution in [0.25, 0.3) is 5.57 Å². The largest absolute Gasteiger partial charge is 0.261 e. The zero-order valence-corrected chi connectivity index (χ0v) is 11.3. The smallest absolute Gasteiger partial charge is 0.101 e. The first-order chi connectivity index (χ1) is 8.58. The molecule has 0 saturated heterocycles. The molecular formula is C16H20FN. The molecule has 0 unspecified atom stereocenters. The van der Waals surface area contributed by atoms with Gasteiger partial charge in [0, 0.05) is 17.5 Å². The number of aryl methyl sites for hydroxylation is 2. The lowest BCUT2D eigenvalue weighted by Crippen LogP contribution is -1.91. The highest BCUT2D eigenvalue weighted by Gasteiger charge is 2.03. The highest BCUT2D eigenvalue weighted by Crippen LogP contribution is 2.21. The first-order valence-corrected chi connectivity index (χ1v) is 6.21. The van der Waals surface area contributed by atoms with Gasteiger partial charge in [-0.05, 0) is 50.0 Å². The van der Waals surface area contributed by atoms with Crippen LogP contribution in [0.2, 0.25) is 0 Å². The zero-order valence-electron chi connectivity index (χ0n) is 11.3. The Kier molecular flexibility index (Phi) is 5.50. The van der Waals surface area contributed by atoms with Crippen LogP contribution in [0.5, 0.6) is 0 Å². The molecule has 96 valence electrons. The van der Waals surface area contributed by atoms with E-state index in [2.05, 4.69) is 11.6 Å². The number of rotatable bonds is 5. The van der Waals surface area contributed by atoms with E-state index in [1.807, 2.05) is 26.8 Å². The second-order valence-corrected chi connectivity index (χ2v) is 4.33. The van der Waals surface area contributed by atoms with Gasteiger partial charge in [0.05, 0.1) is 0 Å². The lowest BCUT2D eigenvalue weighted by molar-refractivity contribution is 0.584. The third kappa shape index (κ3) is 3.95. The maximum absolute atomic E-state index is 13.6. The van der Waals surface area contributed by atoms with Crippen molar-refractivity contribution >= 4 is 5.57 Å². The minimum atomic E-state index is -0.108. The highest BCUT2D eigenvalue weighted by atomic mass is 19.1. The van der Waals surface area contributed by atoms with Crippen LogP contribution in [0.15, 0.2) is 42.9 Å². The lowest BCUT2D eigenvalue weighted by atomic mass is 10.0. The fourth-order valence-electron chi connectivity index (χ4n) is 1.64. The van der Waals surface area contributed by atoms with Gasteiger partial charge in [-0.1, -0.05) is 25.7 Å². The summed E-state index contributed by atoms with van der Waals surface area (Å²) in [6, 6.07) is 2.02. The SMILES string of the molecule is C=C/C=C(\C=C(\F)CCC)c1cnc(C)c(C)c1. The Hall–Kier alpha value is -1.70. The van der Waals surface area contributed by atoms with Crippen molar-refractivity contribution in [3.8, 4) is 0 Å².